The van der Waals surface area contributed by atoms with E-state index in [0.717, 1.165) is 19.3 Å². The second-order valence-corrected chi connectivity index (χ2v) is 3.64. The zero-order valence-electron chi connectivity index (χ0n) is 7.61. The standard InChI is InChI=1S/C9H12F4O/c10-8(9(11,12)13)7(14)6-4-2-1-3-5-6/h6,8H,1-5H2. The summed E-state index contributed by atoms with van der Waals surface area (Å²) in [5.41, 5.74) is 0. The van der Waals surface area contributed by atoms with Gasteiger partial charge in [0, 0.05) is 5.92 Å². The van der Waals surface area contributed by atoms with Crippen LogP contribution in [0.15, 0.2) is 0 Å². The van der Waals surface area contributed by atoms with Crippen molar-refractivity contribution in [3.8, 4) is 0 Å². The number of hydrogen-bond donors (Lipinski definition) is 0. The van der Waals surface area contributed by atoms with Gasteiger partial charge >= 0.3 is 6.18 Å². The van der Waals surface area contributed by atoms with E-state index in [0.29, 0.717) is 12.8 Å². The second-order valence-electron chi connectivity index (χ2n) is 3.64. The first-order valence-electron chi connectivity index (χ1n) is 4.67. The summed E-state index contributed by atoms with van der Waals surface area (Å²) in [7, 11) is 0. The van der Waals surface area contributed by atoms with E-state index in [1.165, 1.54) is 0 Å². The number of ketones is 1. The summed E-state index contributed by atoms with van der Waals surface area (Å²) < 4.78 is 48.2. The van der Waals surface area contributed by atoms with E-state index in [1.54, 1.807) is 0 Å². The molecular formula is C9H12F4O. The third-order valence-electron chi connectivity index (χ3n) is 2.54. The molecule has 0 aliphatic heterocycles. The number of halogens is 4. The van der Waals surface area contributed by atoms with Crippen molar-refractivity contribution in [2.24, 2.45) is 5.92 Å². The molecule has 82 valence electrons. The van der Waals surface area contributed by atoms with Crippen LogP contribution in [0.2, 0.25) is 0 Å². The Morgan fingerprint density at radius 1 is 1.14 bits per heavy atom. The molecule has 0 aromatic heterocycles. The highest BCUT2D eigenvalue weighted by atomic mass is 19.4. The van der Waals surface area contributed by atoms with Crippen LogP contribution in [0.3, 0.4) is 0 Å². The highest BCUT2D eigenvalue weighted by Crippen LogP contribution is 2.31. The quantitative estimate of drug-likeness (QED) is 0.643. The highest BCUT2D eigenvalue weighted by Gasteiger charge is 2.47. The molecular weight excluding hydrogens is 200 g/mol. The summed E-state index contributed by atoms with van der Waals surface area (Å²) in [6.45, 7) is 0. The van der Waals surface area contributed by atoms with Crippen molar-refractivity contribution in [2.75, 3.05) is 0 Å². The SMILES string of the molecule is O=C(C1CCCCC1)C(F)C(F)(F)F. The Hall–Kier alpha value is -0.610. The molecule has 1 atom stereocenters. The van der Waals surface area contributed by atoms with Crippen LogP contribution in [0.1, 0.15) is 32.1 Å². The smallest absolute Gasteiger partial charge is 0.296 e. The summed E-state index contributed by atoms with van der Waals surface area (Å²) in [4.78, 5) is 11.0. The first-order chi connectivity index (χ1) is 6.43. The molecule has 0 heterocycles. The number of hydrogen-bond acceptors (Lipinski definition) is 1. The van der Waals surface area contributed by atoms with Crippen LogP contribution in [0.4, 0.5) is 17.6 Å². The Morgan fingerprint density at radius 2 is 1.64 bits per heavy atom. The van der Waals surface area contributed by atoms with Gasteiger partial charge in [0.25, 0.3) is 6.17 Å². The molecule has 5 heteroatoms. The Balaban J connectivity index is 2.55. The predicted molar refractivity (Wildman–Crippen MR) is 42.5 cm³/mol. The van der Waals surface area contributed by atoms with Gasteiger partial charge in [-0.25, -0.2) is 4.39 Å². The molecule has 0 amide bonds. The van der Waals surface area contributed by atoms with Crippen LogP contribution in [0.5, 0.6) is 0 Å². The lowest BCUT2D eigenvalue weighted by Gasteiger charge is -2.22. The largest absolute Gasteiger partial charge is 0.426 e. The Labute approximate surface area is 79.5 Å². The van der Waals surface area contributed by atoms with Crippen molar-refractivity contribution < 1.29 is 22.4 Å². The van der Waals surface area contributed by atoms with Gasteiger partial charge in [-0.05, 0) is 12.8 Å². The summed E-state index contributed by atoms with van der Waals surface area (Å²) in [6, 6.07) is 0. The molecule has 0 bridgehead atoms. The van der Waals surface area contributed by atoms with Crippen LogP contribution in [0, 0.1) is 5.92 Å². The fourth-order valence-electron chi connectivity index (χ4n) is 1.76. The molecule has 14 heavy (non-hydrogen) atoms. The third kappa shape index (κ3) is 2.69. The summed E-state index contributed by atoms with van der Waals surface area (Å²) in [5, 5.41) is 0. The predicted octanol–water partition coefficient (Wildman–Crippen LogP) is 3.04. The monoisotopic (exact) mass is 212 g/mol. The maximum Gasteiger partial charge on any atom is 0.426 e. The first-order valence-corrected chi connectivity index (χ1v) is 4.67. The second kappa shape index (κ2) is 4.28. The van der Waals surface area contributed by atoms with E-state index in [-0.39, 0.29) is 0 Å². The zero-order chi connectivity index (χ0) is 10.8. The summed E-state index contributed by atoms with van der Waals surface area (Å²) >= 11 is 0. The number of alkyl halides is 4. The summed E-state index contributed by atoms with van der Waals surface area (Å²) in [6.07, 6.45) is -5.15. The number of Topliss-reactive ketones (excluding diaryl/α,β-unsaturated/α-hetero) is 1. The Bertz CT molecular complexity index is 205. The molecule has 0 aromatic rings. The maximum absolute atomic E-state index is 12.6. The van der Waals surface area contributed by atoms with Gasteiger partial charge in [0.15, 0.2) is 5.78 Å². The fourth-order valence-corrected chi connectivity index (χ4v) is 1.76. The molecule has 1 saturated carbocycles. The van der Waals surface area contributed by atoms with E-state index in [1.807, 2.05) is 0 Å². The van der Waals surface area contributed by atoms with Crippen molar-refractivity contribution in [3.05, 3.63) is 0 Å². The average Bonchev–Trinajstić information content (AvgIpc) is 2.15. The van der Waals surface area contributed by atoms with Crippen molar-refractivity contribution >= 4 is 5.78 Å². The van der Waals surface area contributed by atoms with E-state index in [4.69, 9.17) is 0 Å². The maximum atomic E-state index is 12.6. The number of rotatable bonds is 2. The molecule has 0 saturated heterocycles. The molecule has 1 aliphatic carbocycles. The highest BCUT2D eigenvalue weighted by molar-refractivity contribution is 5.86. The molecule has 0 spiro atoms. The molecule has 1 nitrogen and oxygen atoms in total. The molecule has 0 N–H and O–H groups in total. The lowest BCUT2D eigenvalue weighted by atomic mass is 9.84. The van der Waals surface area contributed by atoms with E-state index < -0.39 is 24.0 Å². The average molecular weight is 212 g/mol. The molecule has 0 aromatic carbocycles. The van der Waals surface area contributed by atoms with Gasteiger partial charge in [-0.2, -0.15) is 13.2 Å². The van der Waals surface area contributed by atoms with Gasteiger partial charge < -0.3 is 0 Å². The van der Waals surface area contributed by atoms with Crippen LogP contribution in [-0.2, 0) is 4.79 Å². The first kappa shape index (κ1) is 11.5. The van der Waals surface area contributed by atoms with E-state index in [9.17, 15) is 22.4 Å². The normalized spacial score (nSPS) is 22.0. The zero-order valence-corrected chi connectivity index (χ0v) is 7.61. The van der Waals surface area contributed by atoms with Crippen LogP contribution in [-0.4, -0.2) is 18.1 Å². The minimum Gasteiger partial charge on any atom is -0.296 e. The Kier molecular flexibility index (Phi) is 3.50. The van der Waals surface area contributed by atoms with Gasteiger partial charge in [0.2, 0.25) is 0 Å². The van der Waals surface area contributed by atoms with Crippen molar-refractivity contribution in [1.29, 1.82) is 0 Å². The van der Waals surface area contributed by atoms with Gasteiger partial charge in [-0.1, -0.05) is 19.3 Å². The number of carbonyl (C=O) groups excluding carboxylic acids is 1. The van der Waals surface area contributed by atoms with Gasteiger partial charge in [0.05, 0.1) is 0 Å². The summed E-state index contributed by atoms with van der Waals surface area (Å²) in [5.74, 6) is -2.00. The Morgan fingerprint density at radius 3 is 2.07 bits per heavy atom. The van der Waals surface area contributed by atoms with E-state index in [2.05, 4.69) is 0 Å². The van der Waals surface area contributed by atoms with Crippen molar-refractivity contribution in [2.45, 2.75) is 44.5 Å². The van der Waals surface area contributed by atoms with Gasteiger partial charge in [-0.15, -0.1) is 0 Å². The molecule has 1 aliphatic rings. The molecule has 0 radical (unpaired) electrons. The van der Waals surface area contributed by atoms with Crippen molar-refractivity contribution in [3.63, 3.8) is 0 Å². The van der Waals surface area contributed by atoms with Crippen LogP contribution < -0.4 is 0 Å². The fraction of sp³-hybridized carbons (Fsp3) is 0.889. The molecule has 1 fully saturated rings. The van der Waals surface area contributed by atoms with Crippen LogP contribution >= 0.6 is 0 Å². The van der Waals surface area contributed by atoms with Gasteiger partial charge in [-0.3, -0.25) is 4.79 Å². The topological polar surface area (TPSA) is 17.1 Å². The molecule has 1 unspecified atom stereocenters. The number of carbonyl (C=O) groups is 1. The lowest BCUT2D eigenvalue weighted by molar-refractivity contribution is -0.188. The minimum absolute atomic E-state index is 0.398. The minimum atomic E-state index is -5.03. The van der Waals surface area contributed by atoms with Gasteiger partial charge in [0.1, 0.15) is 0 Å². The third-order valence-corrected chi connectivity index (χ3v) is 2.54. The lowest BCUT2D eigenvalue weighted by Crippen LogP contribution is -2.37. The van der Waals surface area contributed by atoms with Crippen molar-refractivity contribution in [1.82, 2.24) is 0 Å². The van der Waals surface area contributed by atoms with Crippen LogP contribution in [0.25, 0.3) is 0 Å². The molecule has 1 rings (SSSR count). The van der Waals surface area contributed by atoms with E-state index >= 15 is 0 Å².